The van der Waals surface area contributed by atoms with E-state index in [4.69, 9.17) is 0 Å². The molecule has 3 aromatic rings. The van der Waals surface area contributed by atoms with Gasteiger partial charge in [0.2, 0.25) is 0 Å². The van der Waals surface area contributed by atoms with Crippen molar-refractivity contribution < 1.29 is 4.55 Å². The Hall–Kier alpha value is -1.18. The highest BCUT2D eigenvalue weighted by Gasteiger charge is 2.16. The van der Waals surface area contributed by atoms with Crippen LogP contribution in [0.3, 0.4) is 0 Å². The fraction of sp³-hybridized carbons (Fsp3) is 0.333. The van der Waals surface area contributed by atoms with Crippen LogP contribution in [0.15, 0.2) is 52.9 Å². The summed E-state index contributed by atoms with van der Waals surface area (Å²) in [5, 5.41) is 7.03. The zero-order valence-electron chi connectivity index (χ0n) is 15.4. The molecular formula is C21H24N2OS3. The number of thioether (sulfide) groups is 1. The van der Waals surface area contributed by atoms with Crippen LogP contribution in [0.25, 0.3) is 16.5 Å². The van der Waals surface area contributed by atoms with Gasteiger partial charge in [0.15, 0.2) is 4.90 Å². The van der Waals surface area contributed by atoms with Gasteiger partial charge in [-0.05, 0) is 64.5 Å². The van der Waals surface area contributed by atoms with Crippen LogP contribution in [0.2, 0.25) is 0 Å². The average Bonchev–Trinajstić information content (AvgIpc) is 3.35. The first-order valence-electron chi connectivity index (χ1n) is 9.18. The van der Waals surface area contributed by atoms with Gasteiger partial charge < -0.3 is 14.9 Å². The van der Waals surface area contributed by atoms with Crippen molar-refractivity contribution in [2.45, 2.75) is 29.5 Å². The predicted octanol–water partition coefficient (Wildman–Crippen LogP) is 5.04. The molecule has 142 valence electrons. The van der Waals surface area contributed by atoms with Crippen LogP contribution in [-0.4, -0.2) is 34.1 Å². The van der Waals surface area contributed by atoms with E-state index in [0.717, 1.165) is 34.9 Å². The van der Waals surface area contributed by atoms with Gasteiger partial charge in [0.25, 0.3) is 0 Å². The highest BCUT2D eigenvalue weighted by molar-refractivity contribution is 7.98. The highest BCUT2D eigenvalue weighted by atomic mass is 32.2. The van der Waals surface area contributed by atoms with E-state index in [0.29, 0.717) is 6.04 Å². The van der Waals surface area contributed by atoms with Crippen molar-refractivity contribution >= 4 is 50.8 Å². The topological polar surface area (TPSA) is 50.9 Å². The molecule has 3 heterocycles. The van der Waals surface area contributed by atoms with Crippen LogP contribution < -0.4 is 5.32 Å². The summed E-state index contributed by atoms with van der Waals surface area (Å²) >= 11 is 2.89. The van der Waals surface area contributed by atoms with Gasteiger partial charge in [-0.15, -0.1) is 11.3 Å². The SMILES string of the molecule is C[S+]([O-])c1ccc2c(CSCCC3CC(c4cccs4)=CCN3)c[nH]c2c1. The Bertz CT molecular complexity index is 915. The lowest BCUT2D eigenvalue weighted by Gasteiger charge is -2.23. The number of nitrogens with one attached hydrogen (secondary N) is 2. The van der Waals surface area contributed by atoms with E-state index in [2.05, 4.69) is 46.2 Å². The normalized spacial score (nSPS) is 18.6. The van der Waals surface area contributed by atoms with Gasteiger partial charge in [0.1, 0.15) is 6.26 Å². The lowest BCUT2D eigenvalue weighted by Crippen LogP contribution is -2.33. The minimum Gasteiger partial charge on any atom is -0.612 e. The van der Waals surface area contributed by atoms with Crippen molar-refractivity contribution in [1.82, 2.24) is 10.3 Å². The zero-order valence-corrected chi connectivity index (χ0v) is 17.8. The number of rotatable bonds is 7. The summed E-state index contributed by atoms with van der Waals surface area (Å²) in [6.07, 6.45) is 8.47. The molecule has 2 aromatic heterocycles. The van der Waals surface area contributed by atoms with Crippen LogP contribution >= 0.6 is 23.1 Å². The lowest BCUT2D eigenvalue weighted by molar-refractivity contribution is 0.525. The van der Waals surface area contributed by atoms with Gasteiger partial charge >= 0.3 is 0 Å². The number of aromatic nitrogens is 1. The third kappa shape index (κ3) is 4.63. The van der Waals surface area contributed by atoms with Gasteiger partial charge in [0, 0.05) is 40.9 Å². The fourth-order valence-corrected chi connectivity index (χ4v) is 5.88. The largest absolute Gasteiger partial charge is 0.612 e. The second kappa shape index (κ2) is 8.88. The number of hydrogen-bond donors (Lipinski definition) is 2. The number of thiophene rings is 1. The Morgan fingerprint density at radius 2 is 2.26 bits per heavy atom. The van der Waals surface area contributed by atoms with E-state index >= 15 is 0 Å². The summed E-state index contributed by atoms with van der Waals surface area (Å²) in [6, 6.07) is 11.0. The Morgan fingerprint density at radius 1 is 1.33 bits per heavy atom. The summed E-state index contributed by atoms with van der Waals surface area (Å²) in [7, 11) is 0. The summed E-state index contributed by atoms with van der Waals surface area (Å²) in [6.45, 7) is 0.978. The monoisotopic (exact) mass is 416 g/mol. The van der Waals surface area contributed by atoms with E-state index in [9.17, 15) is 4.55 Å². The predicted molar refractivity (Wildman–Crippen MR) is 120 cm³/mol. The van der Waals surface area contributed by atoms with Crippen molar-refractivity contribution in [3.63, 3.8) is 0 Å². The molecule has 3 nitrogen and oxygen atoms in total. The number of fused-ring (bicyclic) bond motifs is 1. The fourth-order valence-electron chi connectivity index (χ4n) is 3.51. The van der Waals surface area contributed by atoms with E-state index in [1.165, 1.54) is 27.8 Å². The summed E-state index contributed by atoms with van der Waals surface area (Å²) in [5.41, 5.74) is 3.91. The van der Waals surface area contributed by atoms with Gasteiger partial charge in [-0.25, -0.2) is 0 Å². The lowest BCUT2D eigenvalue weighted by atomic mass is 9.99. The van der Waals surface area contributed by atoms with Crippen molar-refractivity contribution in [2.75, 3.05) is 18.6 Å². The molecule has 1 aliphatic heterocycles. The molecule has 2 unspecified atom stereocenters. The van der Waals surface area contributed by atoms with Crippen LogP contribution in [0.5, 0.6) is 0 Å². The molecule has 0 radical (unpaired) electrons. The summed E-state index contributed by atoms with van der Waals surface area (Å²) in [4.78, 5) is 5.62. The minimum atomic E-state index is -0.936. The second-order valence-corrected chi connectivity index (χ2v) is 10.3. The van der Waals surface area contributed by atoms with Crippen LogP contribution in [0, 0.1) is 0 Å². The standard InChI is InChI=1S/C21H24N2OS3/c1-27(24)18-4-5-19-16(13-23-20(19)12-18)14-25-10-7-17-11-15(6-8-22-17)21-3-2-9-26-21/h2-6,9,12-13,17,22-23H,7-8,10-11,14H2,1H3. The maximum absolute atomic E-state index is 11.6. The van der Waals surface area contributed by atoms with Crippen molar-refractivity contribution in [3.05, 3.63) is 58.4 Å². The Kier molecular flexibility index (Phi) is 6.30. The Morgan fingerprint density at radius 3 is 3.07 bits per heavy atom. The molecule has 0 saturated carbocycles. The van der Waals surface area contributed by atoms with Crippen LogP contribution in [0.4, 0.5) is 0 Å². The molecule has 1 aliphatic rings. The first kappa shape index (κ1) is 19.2. The Balaban J connectivity index is 1.28. The molecule has 0 bridgehead atoms. The van der Waals surface area contributed by atoms with E-state index < -0.39 is 11.2 Å². The molecule has 4 rings (SSSR count). The van der Waals surface area contributed by atoms with E-state index in [-0.39, 0.29) is 0 Å². The van der Waals surface area contributed by atoms with Crippen molar-refractivity contribution in [2.24, 2.45) is 0 Å². The number of H-pyrrole nitrogens is 1. The number of aromatic amines is 1. The molecule has 0 saturated heterocycles. The van der Waals surface area contributed by atoms with Crippen LogP contribution in [-0.2, 0) is 16.9 Å². The Labute approximate surface area is 171 Å². The molecule has 2 atom stereocenters. The van der Waals surface area contributed by atoms with Gasteiger partial charge in [0.05, 0.1) is 5.52 Å². The number of benzene rings is 1. The smallest absolute Gasteiger partial charge is 0.154 e. The zero-order chi connectivity index (χ0) is 18.6. The van der Waals surface area contributed by atoms with Crippen molar-refractivity contribution in [3.8, 4) is 0 Å². The summed E-state index contributed by atoms with van der Waals surface area (Å²) < 4.78 is 11.6. The van der Waals surface area contributed by atoms with E-state index in [1.54, 1.807) is 6.26 Å². The third-order valence-electron chi connectivity index (χ3n) is 5.00. The van der Waals surface area contributed by atoms with Crippen molar-refractivity contribution in [1.29, 1.82) is 0 Å². The average molecular weight is 417 g/mol. The highest BCUT2D eigenvalue weighted by Crippen LogP contribution is 2.29. The summed E-state index contributed by atoms with van der Waals surface area (Å²) in [5.74, 6) is 2.16. The molecule has 0 amide bonds. The molecule has 6 heteroatoms. The number of hydrogen-bond acceptors (Lipinski definition) is 4. The minimum absolute atomic E-state index is 0.574. The third-order valence-corrected chi connectivity index (χ3v) is 7.90. The van der Waals surface area contributed by atoms with Crippen LogP contribution in [0.1, 0.15) is 23.3 Å². The first-order valence-corrected chi connectivity index (χ1v) is 12.8. The molecule has 0 aliphatic carbocycles. The van der Waals surface area contributed by atoms with Gasteiger partial charge in [-0.3, -0.25) is 0 Å². The second-order valence-electron chi connectivity index (χ2n) is 6.83. The molecular weight excluding hydrogens is 392 g/mol. The maximum Gasteiger partial charge on any atom is 0.154 e. The quantitative estimate of drug-likeness (QED) is 0.419. The first-order chi connectivity index (χ1) is 13.2. The maximum atomic E-state index is 11.6. The molecule has 1 aromatic carbocycles. The van der Waals surface area contributed by atoms with E-state index in [1.807, 2.05) is 35.2 Å². The molecule has 27 heavy (non-hydrogen) atoms. The molecule has 0 fully saturated rings. The van der Waals surface area contributed by atoms with Gasteiger partial charge in [-0.2, -0.15) is 11.8 Å². The molecule has 0 spiro atoms. The van der Waals surface area contributed by atoms with Gasteiger partial charge in [-0.1, -0.05) is 12.1 Å². The molecule has 2 N–H and O–H groups in total.